The highest BCUT2D eigenvalue weighted by atomic mass is 28.3. The fraction of sp³-hybridized carbons (Fsp3) is 0.417. The van der Waals surface area contributed by atoms with Crippen molar-refractivity contribution in [3.8, 4) is 5.75 Å². The summed E-state index contributed by atoms with van der Waals surface area (Å²) in [5.41, 5.74) is 1.40. The van der Waals surface area contributed by atoms with E-state index in [0.717, 1.165) is 12.8 Å². The first-order chi connectivity index (χ1) is 14.8. The summed E-state index contributed by atoms with van der Waals surface area (Å²) in [4.78, 5) is 25.8. The van der Waals surface area contributed by atoms with Crippen LogP contribution in [-0.4, -0.2) is 39.7 Å². The molecule has 31 heavy (non-hydrogen) atoms. The van der Waals surface area contributed by atoms with Gasteiger partial charge in [-0.1, -0.05) is 49.1 Å². The molecule has 0 aromatic heterocycles. The average Bonchev–Trinajstić information content (AvgIpc) is 3.25. The van der Waals surface area contributed by atoms with E-state index >= 15 is 0 Å². The largest absolute Gasteiger partial charge is 0.497 e. The van der Waals surface area contributed by atoms with E-state index in [0.29, 0.717) is 23.6 Å². The number of carbonyl (C=O) groups is 2. The Labute approximate surface area is 185 Å². The van der Waals surface area contributed by atoms with Crippen molar-refractivity contribution in [3.05, 3.63) is 54.1 Å². The maximum absolute atomic E-state index is 13.1. The Kier molecular flexibility index (Phi) is 7.51. The molecule has 1 saturated heterocycles. The summed E-state index contributed by atoms with van der Waals surface area (Å²) >= 11 is 0. The van der Waals surface area contributed by atoms with Gasteiger partial charge in [-0.05, 0) is 42.7 Å². The van der Waals surface area contributed by atoms with E-state index in [1.807, 2.05) is 12.1 Å². The van der Waals surface area contributed by atoms with Gasteiger partial charge < -0.3 is 20.1 Å². The van der Waals surface area contributed by atoms with Crippen LogP contribution in [0.3, 0.4) is 0 Å². The molecule has 0 spiro atoms. The third kappa shape index (κ3) is 6.42. The van der Waals surface area contributed by atoms with Gasteiger partial charge in [0, 0.05) is 12.3 Å². The summed E-state index contributed by atoms with van der Waals surface area (Å²) in [5, 5.41) is 7.16. The van der Waals surface area contributed by atoms with Gasteiger partial charge in [-0.25, -0.2) is 0 Å². The van der Waals surface area contributed by atoms with E-state index in [1.54, 1.807) is 31.4 Å². The first kappa shape index (κ1) is 23.0. The van der Waals surface area contributed by atoms with E-state index < -0.39 is 14.1 Å². The van der Waals surface area contributed by atoms with Crippen molar-refractivity contribution in [1.29, 1.82) is 0 Å². The second kappa shape index (κ2) is 10.1. The van der Waals surface area contributed by atoms with Crippen LogP contribution < -0.4 is 20.6 Å². The number of carbonyl (C=O) groups excluding carboxylic acids is 2. The molecule has 0 saturated carbocycles. The number of methoxy groups -OCH3 is 1. The molecule has 1 fully saturated rings. The van der Waals surface area contributed by atoms with Crippen LogP contribution in [0.25, 0.3) is 0 Å². The summed E-state index contributed by atoms with van der Waals surface area (Å²) < 4.78 is 10.8. The number of nitrogens with one attached hydrogen (secondary N) is 2. The van der Waals surface area contributed by atoms with Gasteiger partial charge in [-0.2, -0.15) is 0 Å². The number of hydrogen-bond acceptors (Lipinski definition) is 4. The van der Waals surface area contributed by atoms with Crippen LogP contribution in [0.5, 0.6) is 5.75 Å². The Bertz CT molecular complexity index is 885. The second-order valence-corrected chi connectivity index (χ2v) is 14.0. The van der Waals surface area contributed by atoms with Crippen LogP contribution >= 0.6 is 0 Å². The van der Waals surface area contributed by atoms with Crippen molar-refractivity contribution in [2.45, 2.75) is 51.0 Å². The number of ether oxygens (including phenoxy) is 2. The molecule has 2 amide bonds. The molecule has 6 nitrogen and oxygen atoms in total. The number of anilines is 1. The zero-order chi connectivity index (χ0) is 22.4. The van der Waals surface area contributed by atoms with Gasteiger partial charge in [-0.15, -0.1) is 0 Å². The number of hydrogen-bond donors (Lipinski definition) is 2. The SMILES string of the molecule is COc1ccc(C(NC(=O)CC2CCCO2)C(=O)Nc2ccc([Si](C)(C)C)cc2)cc1. The van der Waals surface area contributed by atoms with Crippen LogP contribution in [0.4, 0.5) is 5.69 Å². The molecule has 2 atom stereocenters. The summed E-state index contributed by atoms with van der Waals surface area (Å²) in [5.74, 6) is 0.207. The topological polar surface area (TPSA) is 76.7 Å². The van der Waals surface area contributed by atoms with Gasteiger partial charge in [0.2, 0.25) is 5.91 Å². The average molecular weight is 441 g/mol. The fourth-order valence-electron chi connectivity index (χ4n) is 3.60. The van der Waals surface area contributed by atoms with Crippen LogP contribution in [-0.2, 0) is 14.3 Å². The monoisotopic (exact) mass is 440 g/mol. The highest BCUT2D eigenvalue weighted by Gasteiger charge is 2.26. The van der Waals surface area contributed by atoms with Crippen LogP contribution in [0.15, 0.2) is 48.5 Å². The van der Waals surface area contributed by atoms with Gasteiger partial charge in [0.05, 0.1) is 27.7 Å². The van der Waals surface area contributed by atoms with E-state index in [4.69, 9.17) is 9.47 Å². The molecule has 1 aliphatic rings. The molecule has 2 aromatic rings. The van der Waals surface area contributed by atoms with Crippen molar-refractivity contribution < 1.29 is 19.1 Å². The molecule has 1 heterocycles. The smallest absolute Gasteiger partial charge is 0.251 e. The molecule has 1 aliphatic heterocycles. The third-order valence-electron chi connectivity index (χ3n) is 5.47. The fourth-order valence-corrected chi connectivity index (χ4v) is 4.76. The van der Waals surface area contributed by atoms with E-state index in [1.165, 1.54) is 5.19 Å². The minimum Gasteiger partial charge on any atom is -0.497 e. The van der Waals surface area contributed by atoms with Crippen LogP contribution in [0, 0.1) is 0 Å². The normalized spacial score (nSPS) is 17.1. The zero-order valence-corrected chi connectivity index (χ0v) is 19.7. The van der Waals surface area contributed by atoms with Crippen LogP contribution in [0.1, 0.15) is 30.9 Å². The predicted octanol–water partition coefficient (Wildman–Crippen LogP) is 3.61. The van der Waals surface area contributed by atoms with E-state index in [2.05, 4.69) is 42.4 Å². The van der Waals surface area contributed by atoms with Gasteiger partial charge in [0.15, 0.2) is 0 Å². The quantitative estimate of drug-likeness (QED) is 0.615. The maximum atomic E-state index is 13.1. The maximum Gasteiger partial charge on any atom is 0.251 e. The lowest BCUT2D eigenvalue weighted by Crippen LogP contribution is -2.39. The molecule has 2 N–H and O–H groups in total. The Balaban J connectivity index is 1.75. The lowest BCUT2D eigenvalue weighted by molar-refractivity contribution is -0.128. The minimum absolute atomic E-state index is 0.0753. The first-order valence-corrected chi connectivity index (χ1v) is 14.2. The second-order valence-electron chi connectivity index (χ2n) is 8.93. The molecule has 3 rings (SSSR count). The standard InChI is InChI=1S/C24H32N2O4Si/c1-29-19-11-7-17(8-12-19)23(26-22(27)16-20-6-5-15-30-20)24(28)25-18-9-13-21(14-10-18)31(2,3)4/h7-14,20,23H,5-6,15-16H2,1-4H3,(H,25,28)(H,26,27). The number of amides is 2. The molecule has 0 bridgehead atoms. The first-order valence-electron chi connectivity index (χ1n) is 10.7. The van der Waals surface area contributed by atoms with Crippen LogP contribution in [0.2, 0.25) is 19.6 Å². The van der Waals surface area contributed by atoms with Crippen molar-refractivity contribution in [1.82, 2.24) is 5.32 Å². The van der Waals surface area contributed by atoms with E-state index in [9.17, 15) is 9.59 Å². The number of benzene rings is 2. The molecule has 2 aromatic carbocycles. The molecule has 2 unspecified atom stereocenters. The molecule has 7 heteroatoms. The summed E-state index contributed by atoms with van der Waals surface area (Å²) in [7, 11) is 0.177. The minimum atomic E-state index is -1.41. The van der Waals surface area contributed by atoms with Gasteiger partial charge in [0.25, 0.3) is 5.91 Å². The number of rotatable bonds is 8. The van der Waals surface area contributed by atoms with Crippen molar-refractivity contribution in [2.24, 2.45) is 0 Å². The summed E-state index contributed by atoms with van der Waals surface area (Å²) in [6.45, 7) is 7.53. The molecule has 166 valence electrons. The predicted molar refractivity (Wildman–Crippen MR) is 126 cm³/mol. The lowest BCUT2D eigenvalue weighted by atomic mass is 10.0. The highest BCUT2D eigenvalue weighted by molar-refractivity contribution is 6.88. The van der Waals surface area contributed by atoms with Crippen molar-refractivity contribution in [3.63, 3.8) is 0 Å². The molecular weight excluding hydrogens is 408 g/mol. The van der Waals surface area contributed by atoms with Gasteiger partial charge in [0.1, 0.15) is 11.8 Å². The summed E-state index contributed by atoms with van der Waals surface area (Å²) in [6, 6.07) is 14.3. The van der Waals surface area contributed by atoms with Crippen molar-refractivity contribution in [2.75, 3.05) is 19.0 Å². The zero-order valence-electron chi connectivity index (χ0n) is 18.7. The Hall–Kier alpha value is -2.64. The molecule has 0 radical (unpaired) electrons. The molecule has 0 aliphatic carbocycles. The van der Waals surface area contributed by atoms with Gasteiger partial charge in [-0.3, -0.25) is 9.59 Å². The Morgan fingerprint density at radius 3 is 2.32 bits per heavy atom. The summed E-state index contributed by atoms with van der Waals surface area (Å²) in [6.07, 6.45) is 2.02. The molecular formula is C24H32N2O4Si. The van der Waals surface area contributed by atoms with E-state index in [-0.39, 0.29) is 24.3 Å². The third-order valence-corrected chi connectivity index (χ3v) is 7.54. The van der Waals surface area contributed by atoms with Gasteiger partial charge >= 0.3 is 0 Å². The Morgan fingerprint density at radius 2 is 1.77 bits per heavy atom. The van der Waals surface area contributed by atoms with Crippen molar-refractivity contribution >= 4 is 30.8 Å². The highest BCUT2D eigenvalue weighted by Crippen LogP contribution is 2.21. The Morgan fingerprint density at radius 1 is 1.10 bits per heavy atom. The lowest BCUT2D eigenvalue weighted by Gasteiger charge is -2.21.